The number of likely N-dealkylation sites (tertiary alicyclic amines) is 1. The number of nitrogens with zero attached hydrogens (tertiary/aromatic N) is 4. The highest BCUT2D eigenvalue weighted by Crippen LogP contribution is 2.45. The lowest BCUT2D eigenvalue weighted by Crippen LogP contribution is -2.35. The molecule has 0 aliphatic carbocycles. The van der Waals surface area contributed by atoms with Gasteiger partial charge in [0.1, 0.15) is 29.3 Å². The zero-order valence-corrected chi connectivity index (χ0v) is 23.9. The predicted octanol–water partition coefficient (Wildman–Crippen LogP) is 6.36. The molecule has 0 saturated carbocycles. The minimum absolute atomic E-state index is 0.0886. The second-order valence-electron chi connectivity index (χ2n) is 11.6. The van der Waals surface area contributed by atoms with E-state index in [1.807, 2.05) is 18.2 Å². The summed E-state index contributed by atoms with van der Waals surface area (Å²) in [6.07, 6.45) is 3.02. The fourth-order valence-electron chi connectivity index (χ4n) is 6.42. The number of hydrogen-bond donors (Lipinski definition) is 1. The standard InChI is InChI=1S/C34H30F2N4O4/c35-27-14-20(17-37)4-6-25(27)31-16-28(36)26-3-1-2-24(33(26)44-31)21-8-11-39(12-9-21)19-32-38-29-7-5-22(34(41)42)15-30(29)40(32)18-23-10-13-43-23/h1-7,14-16,21,23,31H,8-13,18-19H2,(H,41,42)/t23-,31?/m0/s1. The summed E-state index contributed by atoms with van der Waals surface area (Å²) in [5.41, 5.74) is 3.42. The summed E-state index contributed by atoms with van der Waals surface area (Å²) in [4.78, 5) is 18.8. The van der Waals surface area contributed by atoms with Crippen LogP contribution in [0.15, 0.2) is 60.7 Å². The molecular weight excluding hydrogens is 566 g/mol. The van der Waals surface area contributed by atoms with Crippen molar-refractivity contribution in [1.82, 2.24) is 14.5 Å². The van der Waals surface area contributed by atoms with E-state index in [0.29, 0.717) is 24.4 Å². The molecule has 3 aromatic carbocycles. The lowest BCUT2D eigenvalue weighted by molar-refractivity contribution is -0.0592. The summed E-state index contributed by atoms with van der Waals surface area (Å²) in [6, 6.07) is 16.5. The van der Waals surface area contributed by atoms with Gasteiger partial charge >= 0.3 is 5.97 Å². The minimum Gasteiger partial charge on any atom is -0.480 e. The van der Waals surface area contributed by atoms with Gasteiger partial charge in [-0.25, -0.2) is 18.6 Å². The molecule has 8 nitrogen and oxygen atoms in total. The summed E-state index contributed by atoms with van der Waals surface area (Å²) in [5, 5.41) is 18.6. The van der Waals surface area contributed by atoms with Crippen molar-refractivity contribution < 1.29 is 28.2 Å². The summed E-state index contributed by atoms with van der Waals surface area (Å²) < 4.78 is 44.2. The Bertz CT molecular complexity index is 1830. The molecule has 2 fully saturated rings. The van der Waals surface area contributed by atoms with Crippen LogP contribution in [0.25, 0.3) is 16.9 Å². The fourth-order valence-corrected chi connectivity index (χ4v) is 6.42. The maximum Gasteiger partial charge on any atom is 0.335 e. The van der Waals surface area contributed by atoms with Gasteiger partial charge in [0.15, 0.2) is 0 Å². The van der Waals surface area contributed by atoms with Gasteiger partial charge < -0.3 is 19.1 Å². The van der Waals surface area contributed by atoms with E-state index in [9.17, 15) is 14.3 Å². The number of piperidine rings is 1. The number of carboxylic acids is 1. The fraction of sp³-hybridized carbons (Fsp3) is 0.324. The number of benzene rings is 3. The first-order chi connectivity index (χ1) is 21.4. The Labute approximate surface area is 252 Å². The number of para-hydroxylation sites is 1. The third-order valence-electron chi connectivity index (χ3n) is 8.93. The smallest absolute Gasteiger partial charge is 0.335 e. The van der Waals surface area contributed by atoms with Crippen molar-refractivity contribution in [2.45, 2.75) is 50.5 Å². The van der Waals surface area contributed by atoms with Gasteiger partial charge in [-0.15, -0.1) is 0 Å². The number of hydrogen-bond acceptors (Lipinski definition) is 6. The molecule has 1 aromatic heterocycles. The van der Waals surface area contributed by atoms with Crippen molar-refractivity contribution in [3.8, 4) is 11.8 Å². The Morgan fingerprint density at radius 3 is 2.59 bits per heavy atom. The molecule has 10 heteroatoms. The van der Waals surface area contributed by atoms with Gasteiger partial charge in [0, 0.05) is 12.2 Å². The first kappa shape index (κ1) is 28.2. The Morgan fingerprint density at radius 1 is 1.07 bits per heavy atom. The molecule has 224 valence electrons. The topological polar surface area (TPSA) is 101 Å². The van der Waals surface area contributed by atoms with Crippen molar-refractivity contribution in [3.05, 3.63) is 100 Å². The average Bonchev–Trinajstić information content (AvgIpc) is 3.34. The SMILES string of the molecule is N#Cc1ccc(C2C=C(F)c3cccc(C4CCN(Cc5nc6ccc(C(=O)O)cc6n5C[C@@H]5CCO5)CC4)c3O2)c(F)c1. The Morgan fingerprint density at radius 2 is 1.89 bits per heavy atom. The second-order valence-corrected chi connectivity index (χ2v) is 11.6. The second kappa shape index (κ2) is 11.5. The molecule has 2 saturated heterocycles. The van der Waals surface area contributed by atoms with E-state index in [-0.39, 0.29) is 28.7 Å². The molecule has 1 N–H and O–H groups in total. The lowest BCUT2D eigenvalue weighted by atomic mass is 9.86. The van der Waals surface area contributed by atoms with Crippen LogP contribution in [0.4, 0.5) is 8.78 Å². The first-order valence-electron chi connectivity index (χ1n) is 14.8. The normalized spacial score (nSPS) is 20.3. The highest BCUT2D eigenvalue weighted by Gasteiger charge is 2.31. The Balaban J connectivity index is 1.09. The van der Waals surface area contributed by atoms with Crippen LogP contribution in [0.1, 0.15) is 69.7 Å². The van der Waals surface area contributed by atoms with E-state index in [1.54, 1.807) is 24.3 Å². The number of carbonyl (C=O) groups is 1. The number of imidazole rings is 1. The monoisotopic (exact) mass is 596 g/mol. The number of halogens is 2. The van der Waals surface area contributed by atoms with E-state index >= 15 is 4.39 Å². The summed E-state index contributed by atoms with van der Waals surface area (Å²) in [5.74, 6) is -0.605. The van der Waals surface area contributed by atoms with Gasteiger partial charge in [-0.3, -0.25) is 4.90 Å². The van der Waals surface area contributed by atoms with Crippen LogP contribution in [0, 0.1) is 17.1 Å². The molecule has 2 atom stereocenters. The molecule has 44 heavy (non-hydrogen) atoms. The van der Waals surface area contributed by atoms with Crippen molar-refractivity contribution in [3.63, 3.8) is 0 Å². The van der Waals surface area contributed by atoms with Crippen LogP contribution in [0.5, 0.6) is 5.75 Å². The van der Waals surface area contributed by atoms with Gasteiger partial charge in [-0.2, -0.15) is 5.26 Å². The number of rotatable bonds is 7. The van der Waals surface area contributed by atoms with E-state index in [0.717, 1.165) is 67.4 Å². The molecule has 0 radical (unpaired) electrons. The number of aromatic carboxylic acids is 1. The zero-order chi connectivity index (χ0) is 30.4. The zero-order valence-electron chi connectivity index (χ0n) is 23.9. The molecule has 0 spiro atoms. The van der Waals surface area contributed by atoms with Crippen molar-refractivity contribution >= 4 is 22.8 Å². The van der Waals surface area contributed by atoms with E-state index in [1.165, 1.54) is 18.2 Å². The average molecular weight is 597 g/mol. The molecule has 0 amide bonds. The maximum atomic E-state index is 15.3. The Hall–Kier alpha value is -4.59. The van der Waals surface area contributed by atoms with Crippen LogP contribution in [-0.2, 0) is 17.8 Å². The number of fused-ring (bicyclic) bond motifs is 2. The number of ether oxygens (including phenoxy) is 2. The van der Waals surface area contributed by atoms with Crippen LogP contribution < -0.4 is 4.74 Å². The first-order valence-corrected chi connectivity index (χ1v) is 14.8. The van der Waals surface area contributed by atoms with Crippen LogP contribution >= 0.6 is 0 Å². The van der Waals surface area contributed by atoms with Gasteiger partial charge in [0.25, 0.3) is 0 Å². The lowest BCUT2D eigenvalue weighted by Gasteiger charge is -2.34. The van der Waals surface area contributed by atoms with Gasteiger partial charge in [-0.1, -0.05) is 18.2 Å². The van der Waals surface area contributed by atoms with Gasteiger partial charge in [0.05, 0.1) is 53.0 Å². The number of nitriles is 1. The van der Waals surface area contributed by atoms with Crippen LogP contribution in [0.3, 0.4) is 0 Å². The molecule has 3 aliphatic heterocycles. The summed E-state index contributed by atoms with van der Waals surface area (Å²) >= 11 is 0. The highest BCUT2D eigenvalue weighted by atomic mass is 19.1. The maximum absolute atomic E-state index is 15.3. The van der Waals surface area contributed by atoms with Gasteiger partial charge in [-0.05, 0) is 86.3 Å². The molecule has 4 aromatic rings. The minimum atomic E-state index is -0.973. The summed E-state index contributed by atoms with van der Waals surface area (Å²) in [7, 11) is 0. The predicted molar refractivity (Wildman–Crippen MR) is 158 cm³/mol. The third-order valence-corrected chi connectivity index (χ3v) is 8.93. The van der Waals surface area contributed by atoms with E-state index in [4.69, 9.17) is 19.7 Å². The molecular formula is C34H30F2N4O4. The van der Waals surface area contributed by atoms with Crippen LogP contribution in [-0.4, -0.2) is 51.3 Å². The van der Waals surface area contributed by atoms with Crippen molar-refractivity contribution in [2.24, 2.45) is 0 Å². The molecule has 3 aliphatic rings. The number of aromatic nitrogens is 2. The molecule has 4 heterocycles. The molecule has 0 bridgehead atoms. The largest absolute Gasteiger partial charge is 0.480 e. The third kappa shape index (κ3) is 5.23. The van der Waals surface area contributed by atoms with Crippen molar-refractivity contribution in [1.29, 1.82) is 5.26 Å². The molecule has 1 unspecified atom stereocenters. The van der Waals surface area contributed by atoms with Crippen LogP contribution in [0.2, 0.25) is 0 Å². The van der Waals surface area contributed by atoms with Crippen molar-refractivity contribution in [2.75, 3.05) is 19.7 Å². The van der Waals surface area contributed by atoms with E-state index in [2.05, 4.69) is 9.47 Å². The highest BCUT2D eigenvalue weighted by molar-refractivity contribution is 5.92. The Kier molecular flexibility index (Phi) is 7.36. The summed E-state index contributed by atoms with van der Waals surface area (Å²) in [6.45, 7) is 3.53. The quantitative estimate of drug-likeness (QED) is 0.265. The molecule has 7 rings (SSSR count). The van der Waals surface area contributed by atoms with E-state index < -0.39 is 23.7 Å². The number of carboxylic acid groups (broad SMARTS) is 1. The van der Waals surface area contributed by atoms with Gasteiger partial charge in [0.2, 0.25) is 0 Å².